The molecule has 0 aromatic carbocycles. The number of amides is 2. The number of aryl methyl sites for hydroxylation is 1. The second-order valence-corrected chi connectivity index (χ2v) is 8.29. The molecule has 0 unspecified atom stereocenters. The minimum absolute atomic E-state index is 0.134. The van der Waals surface area contributed by atoms with Gasteiger partial charge in [-0.25, -0.2) is 0 Å². The number of hydrogen-bond donors (Lipinski definition) is 1. The molecule has 3 heterocycles. The SMILES string of the molecule is Cc1nnc(NC(=O)CN2C(=O)C(=Cc3cccs3)SC2=S)s1. The van der Waals surface area contributed by atoms with Crippen molar-refractivity contribution in [2.24, 2.45) is 0 Å². The summed E-state index contributed by atoms with van der Waals surface area (Å²) in [5.41, 5.74) is 0. The van der Waals surface area contributed by atoms with Gasteiger partial charge in [-0.1, -0.05) is 41.4 Å². The molecule has 6 nitrogen and oxygen atoms in total. The molecule has 0 atom stereocenters. The predicted molar refractivity (Wildman–Crippen MR) is 97.5 cm³/mol. The van der Waals surface area contributed by atoms with Gasteiger partial charge in [-0.3, -0.25) is 19.8 Å². The summed E-state index contributed by atoms with van der Waals surface area (Å²) in [5, 5.41) is 13.4. The minimum atomic E-state index is -0.352. The monoisotopic (exact) mass is 382 g/mol. The molecule has 2 aromatic rings. The van der Waals surface area contributed by atoms with E-state index in [1.807, 2.05) is 17.5 Å². The summed E-state index contributed by atoms with van der Waals surface area (Å²) in [6.07, 6.45) is 1.79. The highest BCUT2D eigenvalue weighted by Gasteiger charge is 2.33. The van der Waals surface area contributed by atoms with Crippen molar-refractivity contribution in [1.82, 2.24) is 15.1 Å². The summed E-state index contributed by atoms with van der Waals surface area (Å²) >= 11 is 9.21. The first-order chi connectivity index (χ1) is 11.0. The van der Waals surface area contributed by atoms with Crippen molar-refractivity contribution in [3.05, 3.63) is 32.3 Å². The molecule has 1 aliphatic heterocycles. The molecule has 3 rings (SSSR count). The Morgan fingerprint density at radius 2 is 2.30 bits per heavy atom. The number of carbonyl (C=O) groups is 2. The number of hydrogen-bond acceptors (Lipinski definition) is 8. The fourth-order valence-electron chi connectivity index (χ4n) is 1.79. The molecule has 1 saturated heterocycles. The van der Waals surface area contributed by atoms with E-state index in [-0.39, 0.29) is 18.4 Å². The Labute approximate surface area is 149 Å². The van der Waals surface area contributed by atoms with E-state index in [1.165, 1.54) is 39.3 Å². The van der Waals surface area contributed by atoms with Crippen molar-refractivity contribution in [1.29, 1.82) is 0 Å². The lowest BCUT2D eigenvalue weighted by Crippen LogP contribution is -2.36. The van der Waals surface area contributed by atoms with Crippen LogP contribution in [0.1, 0.15) is 9.88 Å². The highest BCUT2D eigenvalue weighted by atomic mass is 32.2. The number of thiocarbonyl (C=S) groups is 1. The van der Waals surface area contributed by atoms with Crippen molar-refractivity contribution < 1.29 is 9.59 Å². The lowest BCUT2D eigenvalue weighted by molar-refractivity contribution is -0.126. The van der Waals surface area contributed by atoms with Gasteiger partial charge in [0, 0.05) is 4.88 Å². The smallest absolute Gasteiger partial charge is 0.266 e. The Morgan fingerprint density at radius 1 is 1.48 bits per heavy atom. The summed E-state index contributed by atoms with van der Waals surface area (Å²) in [4.78, 5) is 27.2. The summed E-state index contributed by atoms with van der Waals surface area (Å²) in [6, 6.07) is 3.83. The van der Waals surface area contributed by atoms with Gasteiger partial charge in [0.25, 0.3) is 5.91 Å². The Bertz CT molecular complexity index is 797. The fraction of sp³-hybridized carbons (Fsp3) is 0.154. The normalized spacial score (nSPS) is 16.4. The van der Waals surface area contributed by atoms with Gasteiger partial charge in [0.2, 0.25) is 11.0 Å². The molecular formula is C13H10N4O2S4. The number of thioether (sulfide) groups is 1. The molecule has 10 heteroatoms. The fourth-order valence-corrected chi connectivity index (χ4v) is 4.37. The number of nitrogens with one attached hydrogen (secondary N) is 1. The Balaban J connectivity index is 1.67. The molecule has 2 amide bonds. The number of aromatic nitrogens is 2. The second-order valence-electron chi connectivity index (χ2n) is 4.46. The van der Waals surface area contributed by atoms with Gasteiger partial charge in [-0.15, -0.1) is 21.5 Å². The maximum absolute atomic E-state index is 12.4. The van der Waals surface area contributed by atoms with Gasteiger partial charge < -0.3 is 0 Å². The first-order valence-corrected chi connectivity index (χ1v) is 9.34. The van der Waals surface area contributed by atoms with Crippen molar-refractivity contribution >= 4 is 74.0 Å². The van der Waals surface area contributed by atoms with Gasteiger partial charge in [-0.05, 0) is 24.4 Å². The van der Waals surface area contributed by atoms with Crippen LogP contribution in [-0.2, 0) is 9.59 Å². The van der Waals surface area contributed by atoms with Crippen LogP contribution in [0, 0.1) is 6.92 Å². The summed E-state index contributed by atoms with van der Waals surface area (Å²) in [5.74, 6) is -0.605. The third kappa shape index (κ3) is 3.83. The van der Waals surface area contributed by atoms with E-state index >= 15 is 0 Å². The van der Waals surface area contributed by atoms with E-state index in [4.69, 9.17) is 12.2 Å². The maximum atomic E-state index is 12.4. The van der Waals surface area contributed by atoms with Crippen molar-refractivity contribution in [3.8, 4) is 0 Å². The van der Waals surface area contributed by atoms with Crippen LogP contribution >= 0.6 is 46.7 Å². The average molecular weight is 383 g/mol. The van der Waals surface area contributed by atoms with Gasteiger partial charge in [0.05, 0.1) is 4.91 Å². The molecule has 2 aromatic heterocycles. The highest BCUT2D eigenvalue weighted by Crippen LogP contribution is 2.33. The standard InChI is InChI=1S/C13H10N4O2S4/c1-7-15-16-12(22-7)14-10(18)6-17-11(19)9(23-13(17)20)5-8-3-2-4-21-8/h2-5H,6H2,1H3,(H,14,16,18). The van der Waals surface area contributed by atoms with Gasteiger partial charge in [0.15, 0.2) is 0 Å². The number of thiophene rings is 1. The molecule has 118 valence electrons. The van der Waals surface area contributed by atoms with E-state index in [0.717, 1.165) is 9.88 Å². The zero-order valence-corrected chi connectivity index (χ0v) is 15.1. The number of carbonyl (C=O) groups excluding carboxylic acids is 2. The van der Waals surface area contributed by atoms with Crippen LogP contribution in [0.5, 0.6) is 0 Å². The van der Waals surface area contributed by atoms with Gasteiger partial charge in [0.1, 0.15) is 15.9 Å². The van der Waals surface area contributed by atoms with Crippen LogP contribution in [0.25, 0.3) is 6.08 Å². The Kier molecular flexibility index (Phi) is 4.85. The molecule has 1 aliphatic rings. The van der Waals surface area contributed by atoms with Crippen LogP contribution in [0.2, 0.25) is 0 Å². The van der Waals surface area contributed by atoms with Crippen molar-refractivity contribution in [2.75, 3.05) is 11.9 Å². The highest BCUT2D eigenvalue weighted by molar-refractivity contribution is 8.26. The van der Waals surface area contributed by atoms with E-state index in [1.54, 1.807) is 13.0 Å². The molecule has 0 aliphatic carbocycles. The quantitative estimate of drug-likeness (QED) is 0.647. The lowest BCUT2D eigenvalue weighted by atomic mass is 10.3. The zero-order valence-electron chi connectivity index (χ0n) is 11.8. The summed E-state index contributed by atoms with van der Waals surface area (Å²) in [7, 11) is 0. The lowest BCUT2D eigenvalue weighted by Gasteiger charge is -2.12. The summed E-state index contributed by atoms with van der Waals surface area (Å²) in [6.45, 7) is 1.66. The van der Waals surface area contributed by atoms with Crippen LogP contribution < -0.4 is 5.32 Å². The maximum Gasteiger partial charge on any atom is 0.266 e. The molecule has 23 heavy (non-hydrogen) atoms. The Hall–Kier alpha value is -1.62. The molecule has 0 saturated carbocycles. The van der Waals surface area contributed by atoms with E-state index in [0.29, 0.717) is 14.4 Å². The molecule has 1 fully saturated rings. The van der Waals surface area contributed by atoms with E-state index < -0.39 is 0 Å². The van der Waals surface area contributed by atoms with Crippen LogP contribution in [0.4, 0.5) is 5.13 Å². The molecule has 0 radical (unpaired) electrons. The molecule has 0 spiro atoms. The first-order valence-electron chi connectivity index (χ1n) is 6.42. The number of rotatable bonds is 4. The predicted octanol–water partition coefficient (Wildman–Crippen LogP) is 2.75. The topological polar surface area (TPSA) is 75.2 Å². The Morgan fingerprint density at radius 3 is 2.96 bits per heavy atom. The van der Waals surface area contributed by atoms with Gasteiger partial charge in [-0.2, -0.15) is 0 Å². The number of anilines is 1. The minimum Gasteiger partial charge on any atom is -0.299 e. The van der Waals surface area contributed by atoms with Crippen LogP contribution in [-0.4, -0.2) is 37.8 Å². The largest absolute Gasteiger partial charge is 0.299 e. The zero-order chi connectivity index (χ0) is 16.4. The molecular weight excluding hydrogens is 372 g/mol. The third-order valence-corrected chi connectivity index (χ3v) is 5.72. The van der Waals surface area contributed by atoms with Crippen molar-refractivity contribution in [2.45, 2.75) is 6.92 Å². The van der Waals surface area contributed by atoms with E-state index in [9.17, 15) is 9.59 Å². The average Bonchev–Trinajstić information content (AvgIpc) is 3.19. The number of nitrogens with zero attached hydrogens (tertiary/aromatic N) is 3. The van der Waals surface area contributed by atoms with Crippen LogP contribution in [0.15, 0.2) is 22.4 Å². The second kappa shape index (κ2) is 6.87. The van der Waals surface area contributed by atoms with Crippen molar-refractivity contribution in [3.63, 3.8) is 0 Å². The summed E-state index contributed by atoms with van der Waals surface area (Å²) < 4.78 is 0.376. The molecule has 1 N–H and O–H groups in total. The van der Waals surface area contributed by atoms with Gasteiger partial charge >= 0.3 is 0 Å². The third-order valence-electron chi connectivity index (χ3n) is 2.76. The molecule has 0 bridgehead atoms. The first kappa shape index (κ1) is 16.2. The van der Waals surface area contributed by atoms with E-state index in [2.05, 4.69) is 15.5 Å². The van der Waals surface area contributed by atoms with Crippen LogP contribution in [0.3, 0.4) is 0 Å².